The minimum atomic E-state index is -1.22. The first-order chi connectivity index (χ1) is 16.5. The molecule has 9 heteroatoms. The van der Waals surface area contributed by atoms with Gasteiger partial charge < -0.3 is 10.0 Å². The topological polar surface area (TPSA) is 103 Å². The van der Waals surface area contributed by atoms with Gasteiger partial charge in [-0.1, -0.05) is 51.3 Å². The number of carbonyl (C=O) groups is 2. The first-order valence-corrected chi connectivity index (χ1v) is 12.0. The molecule has 180 valence electrons. The zero-order chi connectivity index (χ0) is 24.1. The van der Waals surface area contributed by atoms with E-state index in [9.17, 15) is 9.59 Å². The van der Waals surface area contributed by atoms with Gasteiger partial charge in [-0.3, -0.25) is 15.0 Å². The predicted octanol–water partition coefficient (Wildman–Crippen LogP) is 4.21. The molecule has 1 aromatic carbocycles. The zero-order valence-corrected chi connectivity index (χ0v) is 19.8. The number of carboxylic acid groups (broad SMARTS) is 1. The molecule has 1 aliphatic heterocycles. The van der Waals surface area contributed by atoms with Crippen molar-refractivity contribution in [2.75, 3.05) is 31.5 Å². The van der Waals surface area contributed by atoms with E-state index in [0.717, 1.165) is 43.9 Å². The summed E-state index contributed by atoms with van der Waals surface area (Å²) in [5.74, 6) is 0.0663. The van der Waals surface area contributed by atoms with E-state index in [1.807, 2.05) is 41.3 Å². The lowest BCUT2D eigenvalue weighted by atomic mass is 10.1. The molecular formula is C25H32N6O3. The normalized spacial score (nSPS) is 16.9. The van der Waals surface area contributed by atoms with Crippen molar-refractivity contribution in [1.29, 1.82) is 0 Å². The molecule has 0 radical (unpaired) electrons. The van der Waals surface area contributed by atoms with Crippen molar-refractivity contribution >= 4 is 23.6 Å². The van der Waals surface area contributed by atoms with Crippen LogP contribution in [0.5, 0.6) is 0 Å². The largest absolute Gasteiger partial charge is 0.465 e. The smallest absolute Gasteiger partial charge is 0.411 e. The van der Waals surface area contributed by atoms with Gasteiger partial charge in [0.2, 0.25) is 0 Å². The molecule has 9 nitrogen and oxygen atoms in total. The highest BCUT2D eigenvalue weighted by Crippen LogP contribution is 2.23. The van der Waals surface area contributed by atoms with Crippen LogP contribution in [0, 0.1) is 0 Å². The molecule has 2 aromatic heterocycles. The van der Waals surface area contributed by atoms with Crippen molar-refractivity contribution in [3.63, 3.8) is 0 Å². The van der Waals surface area contributed by atoms with Crippen molar-refractivity contribution in [1.82, 2.24) is 24.4 Å². The predicted molar refractivity (Wildman–Crippen MR) is 131 cm³/mol. The van der Waals surface area contributed by atoms with Gasteiger partial charge in [-0.15, -0.1) is 5.10 Å². The van der Waals surface area contributed by atoms with Gasteiger partial charge in [0, 0.05) is 30.3 Å². The Hall–Kier alpha value is -3.46. The summed E-state index contributed by atoms with van der Waals surface area (Å²) in [5.41, 5.74) is 2.80. The van der Waals surface area contributed by atoms with Crippen LogP contribution in [0.3, 0.4) is 0 Å². The van der Waals surface area contributed by atoms with Crippen LogP contribution in [-0.2, 0) is 0 Å². The number of amides is 2. The minimum Gasteiger partial charge on any atom is -0.465 e. The minimum absolute atomic E-state index is 0.0172. The quantitative estimate of drug-likeness (QED) is 0.566. The summed E-state index contributed by atoms with van der Waals surface area (Å²) >= 11 is 0. The third-order valence-electron chi connectivity index (χ3n) is 6.14. The van der Waals surface area contributed by atoms with Crippen LogP contribution in [0.1, 0.15) is 49.9 Å². The summed E-state index contributed by atoms with van der Waals surface area (Å²) in [6.07, 6.45) is 4.29. The highest BCUT2D eigenvalue weighted by molar-refractivity contribution is 5.95. The summed E-state index contributed by atoms with van der Waals surface area (Å²) in [7, 11) is 0. The van der Waals surface area contributed by atoms with Crippen LogP contribution < -0.4 is 5.32 Å². The summed E-state index contributed by atoms with van der Waals surface area (Å²) in [5, 5.41) is 15.3. The fraction of sp³-hybridized carbons (Fsp3) is 0.440. The van der Waals surface area contributed by atoms with Crippen LogP contribution in [0.15, 0.2) is 42.5 Å². The third kappa shape index (κ3) is 5.53. The molecule has 1 unspecified atom stereocenters. The molecule has 2 aliphatic rings. The molecular weight excluding hydrogens is 432 g/mol. The number of carbonyl (C=O) groups excluding carboxylic acids is 1. The number of aromatic nitrogens is 3. The molecule has 5 rings (SSSR count). The summed E-state index contributed by atoms with van der Waals surface area (Å²) in [4.78, 5) is 32.3. The number of rotatable bonds is 6. The Morgan fingerprint density at radius 1 is 1.09 bits per heavy atom. The van der Waals surface area contributed by atoms with E-state index in [4.69, 9.17) is 5.11 Å². The fourth-order valence-electron chi connectivity index (χ4n) is 4.20. The molecule has 2 N–H and O–H groups in total. The number of nitrogens with one attached hydrogen (secondary N) is 1. The summed E-state index contributed by atoms with van der Waals surface area (Å²) < 4.78 is 1.58. The van der Waals surface area contributed by atoms with Crippen LogP contribution in [0.4, 0.5) is 10.7 Å². The first kappa shape index (κ1) is 23.7. The molecule has 1 atom stereocenters. The average molecular weight is 465 g/mol. The Morgan fingerprint density at radius 3 is 2.41 bits per heavy atom. The molecule has 3 aromatic rings. The molecule has 1 aliphatic carbocycles. The Morgan fingerprint density at radius 2 is 1.79 bits per heavy atom. The van der Waals surface area contributed by atoms with E-state index >= 15 is 0 Å². The molecule has 2 fully saturated rings. The standard InChI is InChI=1S/C22H26N6O3.C3H6/c1-3-26(4-2)17-12-13-27(14-17)20(29)16-10-8-15(9-11-16)18-6-5-7-19-23-21(24-22(30)31)25-28(18)19;1-2-3-1/h5-11,17H,3-4,12-14H2,1-2H3,(H,24,25)(H,30,31);1-3H2. The number of likely N-dealkylation sites (N-methyl/N-ethyl adjacent to an activating group) is 1. The molecule has 34 heavy (non-hydrogen) atoms. The van der Waals surface area contributed by atoms with Gasteiger partial charge in [-0.05, 0) is 43.8 Å². The van der Waals surface area contributed by atoms with Gasteiger partial charge in [0.1, 0.15) is 0 Å². The average Bonchev–Trinajstić information content (AvgIpc) is 3.55. The second-order valence-electron chi connectivity index (χ2n) is 8.60. The maximum atomic E-state index is 13.0. The lowest BCUT2D eigenvalue weighted by molar-refractivity contribution is 0.0778. The van der Waals surface area contributed by atoms with E-state index in [1.54, 1.807) is 10.6 Å². The van der Waals surface area contributed by atoms with Gasteiger partial charge >= 0.3 is 6.09 Å². The second kappa shape index (κ2) is 10.6. The molecule has 0 bridgehead atoms. The highest BCUT2D eigenvalue weighted by Gasteiger charge is 2.29. The number of fused-ring (bicyclic) bond motifs is 1. The SMILES string of the molecule is C1CC1.CCN(CC)C1CCN(C(=O)c2ccc(-c3cccc4nc(NC(=O)O)nn34)cc2)C1. The lowest BCUT2D eigenvalue weighted by Gasteiger charge is -2.26. The molecule has 1 saturated carbocycles. The Kier molecular flexibility index (Phi) is 7.42. The first-order valence-electron chi connectivity index (χ1n) is 12.0. The second-order valence-corrected chi connectivity index (χ2v) is 8.60. The van der Waals surface area contributed by atoms with Crippen molar-refractivity contribution in [2.24, 2.45) is 0 Å². The van der Waals surface area contributed by atoms with E-state index in [0.29, 0.717) is 17.3 Å². The summed E-state index contributed by atoms with van der Waals surface area (Å²) in [6.45, 7) is 7.84. The van der Waals surface area contributed by atoms with Gasteiger partial charge in [0.15, 0.2) is 5.65 Å². The van der Waals surface area contributed by atoms with Gasteiger partial charge in [0.25, 0.3) is 11.9 Å². The lowest BCUT2D eigenvalue weighted by Crippen LogP contribution is -2.38. The number of pyridine rings is 1. The maximum Gasteiger partial charge on any atom is 0.411 e. The third-order valence-corrected chi connectivity index (χ3v) is 6.14. The highest BCUT2D eigenvalue weighted by atomic mass is 16.4. The molecule has 0 spiro atoms. The number of benzene rings is 1. The number of nitrogens with zero attached hydrogens (tertiary/aromatic N) is 5. The molecule has 2 amide bonds. The van der Waals surface area contributed by atoms with Crippen LogP contribution in [-0.4, -0.2) is 73.7 Å². The van der Waals surface area contributed by atoms with Gasteiger partial charge in [-0.25, -0.2) is 9.31 Å². The summed E-state index contributed by atoms with van der Waals surface area (Å²) in [6, 6.07) is 13.3. The number of hydrogen-bond acceptors (Lipinski definition) is 5. The van der Waals surface area contributed by atoms with Gasteiger partial charge in [-0.2, -0.15) is 4.98 Å². The number of anilines is 1. The van der Waals surface area contributed by atoms with Crippen molar-refractivity contribution in [2.45, 2.75) is 45.6 Å². The Labute approximate surface area is 199 Å². The van der Waals surface area contributed by atoms with Crippen LogP contribution in [0.25, 0.3) is 16.9 Å². The Bertz CT molecular complexity index is 1130. The number of likely N-dealkylation sites (tertiary alicyclic amines) is 1. The van der Waals surface area contributed by atoms with E-state index in [1.165, 1.54) is 19.3 Å². The molecule has 3 heterocycles. The zero-order valence-electron chi connectivity index (χ0n) is 19.8. The monoisotopic (exact) mass is 464 g/mol. The van der Waals surface area contributed by atoms with Gasteiger partial charge in [0.05, 0.1) is 5.69 Å². The Balaban J connectivity index is 0.000000846. The fourth-order valence-corrected chi connectivity index (χ4v) is 4.20. The van der Waals surface area contributed by atoms with Crippen LogP contribution in [0.2, 0.25) is 0 Å². The van der Waals surface area contributed by atoms with Crippen molar-refractivity contribution in [3.05, 3.63) is 48.0 Å². The maximum absolute atomic E-state index is 13.0. The van der Waals surface area contributed by atoms with Crippen LogP contribution >= 0.6 is 0 Å². The number of hydrogen-bond donors (Lipinski definition) is 2. The van der Waals surface area contributed by atoms with E-state index < -0.39 is 6.09 Å². The van der Waals surface area contributed by atoms with Crippen molar-refractivity contribution in [3.8, 4) is 11.3 Å². The van der Waals surface area contributed by atoms with E-state index in [2.05, 4.69) is 34.1 Å². The van der Waals surface area contributed by atoms with E-state index in [-0.39, 0.29) is 11.9 Å². The molecule has 1 saturated heterocycles. The van der Waals surface area contributed by atoms with Crippen molar-refractivity contribution < 1.29 is 14.7 Å².